The van der Waals surface area contributed by atoms with Gasteiger partial charge in [0.25, 0.3) is 0 Å². The molecule has 2 aliphatic rings. The van der Waals surface area contributed by atoms with Crippen LogP contribution in [-0.4, -0.2) is 23.3 Å². The van der Waals surface area contributed by atoms with Gasteiger partial charge in [0.1, 0.15) is 0 Å². The predicted molar refractivity (Wildman–Crippen MR) is 97.3 cm³/mol. The van der Waals surface area contributed by atoms with Crippen molar-refractivity contribution in [2.75, 3.05) is 11.9 Å². The largest absolute Gasteiger partial charge is 0.335 e. The summed E-state index contributed by atoms with van der Waals surface area (Å²) in [4.78, 5) is 27.3. The first-order valence-electron chi connectivity index (χ1n) is 8.89. The van der Waals surface area contributed by atoms with Gasteiger partial charge >= 0.3 is 0 Å². The molecule has 4 nitrogen and oxygen atoms in total. The first-order chi connectivity index (χ1) is 12.1. The highest BCUT2D eigenvalue weighted by Crippen LogP contribution is 2.38. The topological polar surface area (TPSA) is 49.4 Å². The first-order valence-corrected chi connectivity index (χ1v) is 8.89. The number of fused-ring (bicyclic) bond motifs is 1. The van der Waals surface area contributed by atoms with Crippen molar-refractivity contribution >= 4 is 17.5 Å². The van der Waals surface area contributed by atoms with E-state index in [1.807, 2.05) is 29.2 Å². The van der Waals surface area contributed by atoms with Crippen molar-refractivity contribution in [1.29, 1.82) is 0 Å². The van der Waals surface area contributed by atoms with Gasteiger partial charge in [-0.15, -0.1) is 0 Å². The molecule has 2 heterocycles. The molecule has 0 aromatic heterocycles. The van der Waals surface area contributed by atoms with Crippen LogP contribution in [0, 0.1) is 6.92 Å². The number of nitrogens with one attached hydrogen (secondary N) is 1. The third kappa shape index (κ3) is 2.93. The molecule has 2 aromatic rings. The van der Waals surface area contributed by atoms with Gasteiger partial charge in [0, 0.05) is 18.7 Å². The third-order valence-electron chi connectivity index (χ3n) is 5.30. The van der Waals surface area contributed by atoms with Crippen LogP contribution in [0.2, 0.25) is 0 Å². The lowest BCUT2D eigenvalue weighted by Crippen LogP contribution is -2.38. The molecule has 0 spiro atoms. The summed E-state index contributed by atoms with van der Waals surface area (Å²) in [5.74, 6) is -0.385. The summed E-state index contributed by atoms with van der Waals surface area (Å²) in [7, 11) is 0. The van der Waals surface area contributed by atoms with Crippen molar-refractivity contribution < 1.29 is 9.59 Å². The molecular weight excluding hydrogens is 312 g/mol. The van der Waals surface area contributed by atoms with Gasteiger partial charge in [-0.3, -0.25) is 9.59 Å². The maximum Gasteiger partial charge on any atom is 0.231 e. The normalized spacial score (nSPS) is 22.4. The zero-order valence-electron chi connectivity index (χ0n) is 14.4. The molecule has 128 valence electrons. The van der Waals surface area contributed by atoms with E-state index in [-0.39, 0.29) is 30.2 Å². The number of carbonyl (C=O) groups excluding carboxylic acids is 2. The lowest BCUT2D eigenvalue weighted by molar-refractivity contribution is -0.135. The molecule has 0 aliphatic carbocycles. The fourth-order valence-corrected chi connectivity index (χ4v) is 4.00. The number of anilines is 1. The van der Waals surface area contributed by atoms with Gasteiger partial charge in [-0.1, -0.05) is 48.0 Å². The van der Waals surface area contributed by atoms with E-state index in [4.69, 9.17) is 0 Å². The Morgan fingerprint density at radius 2 is 1.88 bits per heavy atom. The lowest BCUT2D eigenvalue weighted by Gasteiger charge is -2.32. The van der Waals surface area contributed by atoms with E-state index in [2.05, 4.69) is 36.5 Å². The van der Waals surface area contributed by atoms with Gasteiger partial charge in [0.2, 0.25) is 11.8 Å². The number of likely N-dealkylation sites (tertiary alicyclic amines) is 1. The maximum absolute atomic E-state index is 13.3. The molecule has 2 aromatic carbocycles. The molecule has 1 N–H and O–H groups in total. The molecule has 4 rings (SSSR count). The Labute approximate surface area is 147 Å². The summed E-state index contributed by atoms with van der Waals surface area (Å²) in [6.07, 6.45) is 2.22. The van der Waals surface area contributed by atoms with E-state index in [0.717, 1.165) is 30.6 Å². The molecule has 0 saturated carbocycles. The van der Waals surface area contributed by atoms with Gasteiger partial charge < -0.3 is 10.2 Å². The Morgan fingerprint density at radius 1 is 1.12 bits per heavy atom. The summed E-state index contributed by atoms with van der Waals surface area (Å²) in [6, 6.07) is 16.2. The SMILES string of the molecule is Cc1ccc([C@H]2CCCN2C(=O)[C@@H]2CC(=O)Nc3ccccc32)cc1. The molecule has 1 fully saturated rings. The van der Waals surface area contributed by atoms with Crippen molar-refractivity contribution in [2.45, 2.75) is 38.1 Å². The summed E-state index contributed by atoms with van der Waals surface area (Å²) in [5, 5.41) is 2.87. The summed E-state index contributed by atoms with van der Waals surface area (Å²) in [6.45, 7) is 2.83. The zero-order valence-corrected chi connectivity index (χ0v) is 14.4. The number of hydrogen-bond donors (Lipinski definition) is 1. The highest BCUT2D eigenvalue weighted by Gasteiger charge is 2.38. The van der Waals surface area contributed by atoms with E-state index in [1.165, 1.54) is 11.1 Å². The first kappa shape index (κ1) is 15.9. The van der Waals surface area contributed by atoms with Gasteiger partial charge in [0.15, 0.2) is 0 Å². The highest BCUT2D eigenvalue weighted by atomic mass is 16.2. The van der Waals surface area contributed by atoms with Crippen LogP contribution in [0.4, 0.5) is 5.69 Å². The van der Waals surface area contributed by atoms with Crippen LogP contribution in [0.15, 0.2) is 48.5 Å². The van der Waals surface area contributed by atoms with Crippen molar-refractivity contribution in [1.82, 2.24) is 4.90 Å². The molecule has 0 radical (unpaired) electrons. The van der Waals surface area contributed by atoms with Gasteiger partial charge in [-0.2, -0.15) is 0 Å². The van der Waals surface area contributed by atoms with E-state index in [9.17, 15) is 9.59 Å². The van der Waals surface area contributed by atoms with Crippen LogP contribution < -0.4 is 5.32 Å². The average Bonchev–Trinajstić information content (AvgIpc) is 3.10. The Morgan fingerprint density at radius 3 is 2.68 bits per heavy atom. The quantitative estimate of drug-likeness (QED) is 0.908. The number of carbonyl (C=O) groups is 2. The summed E-state index contributed by atoms with van der Waals surface area (Å²) < 4.78 is 0. The molecule has 4 heteroatoms. The standard InChI is InChI=1S/C21H22N2O2/c1-14-8-10-15(11-9-14)19-7-4-12-23(19)21(25)17-13-20(24)22-18-6-3-2-5-16(17)18/h2-3,5-6,8-11,17,19H,4,7,12-13H2,1H3,(H,22,24)/t17-,19-/m1/s1. The van der Waals surface area contributed by atoms with Gasteiger partial charge in [-0.05, 0) is 37.0 Å². The molecule has 25 heavy (non-hydrogen) atoms. The molecule has 1 saturated heterocycles. The van der Waals surface area contributed by atoms with Crippen LogP contribution in [-0.2, 0) is 9.59 Å². The Balaban J connectivity index is 1.64. The average molecular weight is 334 g/mol. The van der Waals surface area contributed by atoms with Crippen LogP contribution in [0.25, 0.3) is 0 Å². The Bertz CT molecular complexity index is 813. The molecule has 0 bridgehead atoms. The number of hydrogen-bond acceptors (Lipinski definition) is 2. The number of benzene rings is 2. The van der Waals surface area contributed by atoms with E-state index < -0.39 is 0 Å². The van der Waals surface area contributed by atoms with E-state index in [0.29, 0.717) is 0 Å². The smallest absolute Gasteiger partial charge is 0.231 e. The molecule has 2 amide bonds. The van der Waals surface area contributed by atoms with Crippen molar-refractivity contribution in [3.05, 3.63) is 65.2 Å². The molecular formula is C21H22N2O2. The minimum absolute atomic E-state index is 0.0744. The van der Waals surface area contributed by atoms with E-state index in [1.54, 1.807) is 0 Å². The molecule has 2 aliphatic heterocycles. The number of rotatable bonds is 2. The summed E-state index contributed by atoms with van der Waals surface area (Å²) in [5.41, 5.74) is 4.10. The van der Waals surface area contributed by atoms with Gasteiger partial charge in [-0.25, -0.2) is 0 Å². The highest BCUT2D eigenvalue weighted by molar-refractivity contribution is 6.01. The van der Waals surface area contributed by atoms with Crippen LogP contribution in [0.3, 0.4) is 0 Å². The van der Waals surface area contributed by atoms with Crippen molar-refractivity contribution in [2.24, 2.45) is 0 Å². The van der Waals surface area contributed by atoms with Crippen LogP contribution >= 0.6 is 0 Å². The van der Waals surface area contributed by atoms with Crippen molar-refractivity contribution in [3.63, 3.8) is 0 Å². The van der Waals surface area contributed by atoms with Gasteiger partial charge in [0.05, 0.1) is 12.0 Å². The second-order valence-electron chi connectivity index (χ2n) is 6.99. The number of nitrogens with zero attached hydrogens (tertiary/aromatic N) is 1. The van der Waals surface area contributed by atoms with E-state index >= 15 is 0 Å². The number of aryl methyl sites for hydroxylation is 1. The second-order valence-corrected chi connectivity index (χ2v) is 6.99. The Kier molecular flexibility index (Phi) is 4.04. The maximum atomic E-state index is 13.3. The fraction of sp³-hybridized carbons (Fsp3) is 0.333. The second kappa shape index (κ2) is 6.36. The number of para-hydroxylation sites is 1. The predicted octanol–water partition coefficient (Wildman–Crippen LogP) is 3.78. The minimum Gasteiger partial charge on any atom is -0.335 e. The number of amides is 2. The van der Waals surface area contributed by atoms with Crippen LogP contribution in [0.5, 0.6) is 0 Å². The van der Waals surface area contributed by atoms with Crippen molar-refractivity contribution in [3.8, 4) is 0 Å². The molecule has 2 atom stereocenters. The van der Waals surface area contributed by atoms with Crippen LogP contribution in [0.1, 0.15) is 47.9 Å². The fourth-order valence-electron chi connectivity index (χ4n) is 4.00. The monoisotopic (exact) mass is 334 g/mol. The third-order valence-corrected chi connectivity index (χ3v) is 5.30. The molecule has 0 unspecified atom stereocenters. The minimum atomic E-state index is -0.379. The summed E-state index contributed by atoms with van der Waals surface area (Å²) >= 11 is 0. The zero-order chi connectivity index (χ0) is 17.4. The Hall–Kier alpha value is -2.62. The lowest BCUT2D eigenvalue weighted by atomic mass is 9.89.